The molecule has 0 unspecified atom stereocenters. The standard InChI is InChI=1S/C14H21N5O3/c1-21-12-9-15-8-11(12)18-13(20)10-6-16-14(17-7-10)19-2-4-22-5-3-19/h6-7,11-12,15H,2-5,8-9H2,1H3,(H,18,20)/t11-,12-/m0/s1. The van der Waals surface area contributed by atoms with E-state index in [2.05, 4.69) is 20.6 Å². The van der Waals surface area contributed by atoms with Crippen molar-refractivity contribution >= 4 is 11.9 Å². The van der Waals surface area contributed by atoms with E-state index >= 15 is 0 Å². The summed E-state index contributed by atoms with van der Waals surface area (Å²) in [4.78, 5) is 22.9. The zero-order valence-corrected chi connectivity index (χ0v) is 12.6. The highest BCUT2D eigenvalue weighted by molar-refractivity contribution is 5.93. The molecule has 1 aromatic heterocycles. The van der Waals surface area contributed by atoms with Gasteiger partial charge in [0.1, 0.15) is 0 Å². The van der Waals surface area contributed by atoms with Gasteiger partial charge >= 0.3 is 0 Å². The smallest absolute Gasteiger partial charge is 0.254 e. The monoisotopic (exact) mass is 307 g/mol. The number of hydrogen-bond donors (Lipinski definition) is 2. The number of hydrogen-bond acceptors (Lipinski definition) is 7. The number of carbonyl (C=O) groups is 1. The van der Waals surface area contributed by atoms with Crippen LogP contribution in [-0.4, -0.2) is 74.5 Å². The van der Waals surface area contributed by atoms with Crippen LogP contribution in [0.5, 0.6) is 0 Å². The third-order valence-corrected chi connectivity index (χ3v) is 3.97. The zero-order chi connectivity index (χ0) is 15.4. The Bertz CT molecular complexity index is 504. The fourth-order valence-corrected chi connectivity index (χ4v) is 2.66. The molecule has 0 spiro atoms. The van der Waals surface area contributed by atoms with Gasteiger partial charge in [0, 0.05) is 45.7 Å². The number of morpholine rings is 1. The number of amides is 1. The second kappa shape index (κ2) is 6.99. The van der Waals surface area contributed by atoms with E-state index in [0.29, 0.717) is 31.3 Å². The molecule has 0 aliphatic carbocycles. The first-order valence-electron chi connectivity index (χ1n) is 7.47. The number of aromatic nitrogens is 2. The molecular weight excluding hydrogens is 286 g/mol. The molecule has 0 saturated carbocycles. The number of methoxy groups -OCH3 is 1. The molecule has 2 fully saturated rings. The summed E-state index contributed by atoms with van der Waals surface area (Å²) in [7, 11) is 1.65. The van der Waals surface area contributed by atoms with Crippen LogP contribution in [0.15, 0.2) is 12.4 Å². The molecule has 3 heterocycles. The lowest BCUT2D eigenvalue weighted by Gasteiger charge is -2.26. The molecule has 0 bridgehead atoms. The Hall–Kier alpha value is -1.77. The Balaban J connectivity index is 1.60. The van der Waals surface area contributed by atoms with E-state index in [9.17, 15) is 4.79 Å². The molecule has 8 nitrogen and oxygen atoms in total. The van der Waals surface area contributed by atoms with Crippen LogP contribution < -0.4 is 15.5 Å². The SMILES string of the molecule is CO[C@H]1CNC[C@@H]1NC(=O)c1cnc(N2CCOCC2)nc1. The summed E-state index contributed by atoms with van der Waals surface area (Å²) in [6.45, 7) is 4.35. The highest BCUT2D eigenvalue weighted by Crippen LogP contribution is 2.10. The first kappa shape index (κ1) is 15.1. The first-order valence-corrected chi connectivity index (χ1v) is 7.47. The van der Waals surface area contributed by atoms with E-state index < -0.39 is 0 Å². The minimum Gasteiger partial charge on any atom is -0.378 e. The molecule has 2 aliphatic heterocycles. The van der Waals surface area contributed by atoms with Crippen molar-refractivity contribution in [3.63, 3.8) is 0 Å². The number of nitrogens with zero attached hydrogens (tertiary/aromatic N) is 3. The molecule has 2 atom stereocenters. The van der Waals surface area contributed by atoms with Gasteiger partial charge in [0.15, 0.2) is 0 Å². The topological polar surface area (TPSA) is 88.6 Å². The fourth-order valence-electron chi connectivity index (χ4n) is 2.66. The summed E-state index contributed by atoms with van der Waals surface area (Å²) in [6, 6.07) is -0.0311. The highest BCUT2D eigenvalue weighted by Gasteiger charge is 2.28. The average molecular weight is 307 g/mol. The maximum atomic E-state index is 12.2. The highest BCUT2D eigenvalue weighted by atomic mass is 16.5. The van der Waals surface area contributed by atoms with Crippen LogP contribution in [0.2, 0.25) is 0 Å². The van der Waals surface area contributed by atoms with Crippen molar-refractivity contribution in [2.75, 3.05) is 51.4 Å². The average Bonchev–Trinajstić information content (AvgIpc) is 3.03. The molecule has 120 valence electrons. The summed E-state index contributed by atoms with van der Waals surface area (Å²) in [5, 5.41) is 6.15. The molecule has 8 heteroatoms. The number of carbonyl (C=O) groups excluding carboxylic acids is 1. The molecule has 3 rings (SSSR count). The van der Waals surface area contributed by atoms with Crippen molar-refractivity contribution in [3.8, 4) is 0 Å². The maximum Gasteiger partial charge on any atom is 0.254 e. The fraction of sp³-hybridized carbons (Fsp3) is 0.643. The van der Waals surface area contributed by atoms with Gasteiger partial charge in [-0.25, -0.2) is 9.97 Å². The molecule has 2 N–H and O–H groups in total. The number of rotatable bonds is 4. The first-order chi connectivity index (χ1) is 10.8. The van der Waals surface area contributed by atoms with E-state index in [4.69, 9.17) is 9.47 Å². The van der Waals surface area contributed by atoms with Crippen molar-refractivity contribution in [3.05, 3.63) is 18.0 Å². The normalized spacial score (nSPS) is 25.2. The zero-order valence-electron chi connectivity index (χ0n) is 12.6. The second-order valence-electron chi connectivity index (χ2n) is 5.38. The molecular formula is C14H21N5O3. The molecule has 0 radical (unpaired) electrons. The molecule has 2 saturated heterocycles. The van der Waals surface area contributed by atoms with Crippen LogP contribution >= 0.6 is 0 Å². The number of ether oxygens (including phenoxy) is 2. The Labute approximate surface area is 129 Å². The Morgan fingerprint density at radius 1 is 1.36 bits per heavy atom. The Morgan fingerprint density at radius 2 is 2.09 bits per heavy atom. The van der Waals surface area contributed by atoms with Gasteiger partial charge in [-0.05, 0) is 0 Å². The Kier molecular flexibility index (Phi) is 4.81. The Morgan fingerprint density at radius 3 is 2.77 bits per heavy atom. The van der Waals surface area contributed by atoms with Crippen molar-refractivity contribution < 1.29 is 14.3 Å². The molecule has 1 aromatic rings. The lowest BCUT2D eigenvalue weighted by Crippen LogP contribution is -2.43. The molecule has 0 aromatic carbocycles. The van der Waals surface area contributed by atoms with Gasteiger partial charge in [0.05, 0.1) is 30.9 Å². The van der Waals surface area contributed by atoms with E-state index in [1.54, 1.807) is 19.5 Å². The summed E-state index contributed by atoms with van der Waals surface area (Å²) in [6.07, 6.45) is 3.13. The van der Waals surface area contributed by atoms with Crippen LogP contribution in [-0.2, 0) is 9.47 Å². The van der Waals surface area contributed by atoms with Crippen molar-refractivity contribution in [1.29, 1.82) is 0 Å². The van der Waals surface area contributed by atoms with Gasteiger partial charge in [0.25, 0.3) is 5.91 Å². The van der Waals surface area contributed by atoms with Crippen LogP contribution in [0.4, 0.5) is 5.95 Å². The van der Waals surface area contributed by atoms with Crippen LogP contribution in [0.25, 0.3) is 0 Å². The third kappa shape index (κ3) is 3.34. The largest absolute Gasteiger partial charge is 0.378 e. The van der Waals surface area contributed by atoms with Crippen molar-refractivity contribution in [2.45, 2.75) is 12.1 Å². The minimum atomic E-state index is -0.177. The van der Waals surface area contributed by atoms with Gasteiger partial charge in [0.2, 0.25) is 5.95 Å². The van der Waals surface area contributed by atoms with Crippen molar-refractivity contribution in [1.82, 2.24) is 20.6 Å². The summed E-state index contributed by atoms with van der Waals surface area (Å²) in [5.41, 5.74) is 0.457. The van der Waals surface area contributed by atoms with E-state index in [0.717, 1.165) is 19.6 Å². The van der Waals surface area contributed by atoms with Gasteiger partial charge in [-0.2, -0.15) is 0 Å². The van der Waals surface area contributed by atoms with E-state index in [1.807, 2.05) is 4.90 Å². The summed E-state index contributed by atoms with van der Waals surface area (Å²) in [5.74, 6) is 0.460. The predicted molar refractivity (Wildman–Crippen MR) is 80.0 cm³/mol. The second-order valence-corrected chi connectivity index (χ2v) is 5.38. The number of anilines is 1. The quantitative estimate of drug-likeness (QED) is 0.740. The maximum absolute atomic E-state index is 12.2. The number of nitrogens with one attached hydrogen (secondary N) is 2. The van der Waals surface area contributed by atoms with Crippen LogP contribution in [0.1, 0.15) is 10.4 Å². The molecule has 1 amide bonds. The lowest BCUT2D eigenvalue weighted by atomic mass is 10.2. The lowest BCUT2D eigenvalue weighted by molar-refractivity contribution is 0.0779. The molecule has 22 heavy (non-hydrogen) atoms. The van der Waals surface area contributed by atoms with Crippen LogP contribution in [0.3, 0.4) is 0 Å². The van der Waals surface area contributed by atoms with Crippen LogP contribution in [0, 0.1) is 0 Å². The summed E-state index contributed by atoms with van der Waals surface area (Å²) < 4.78 is 10.6. The van der Waals surface area contributed by atoms with E-state index in [1.165, 1.54) is 0 Å². The predicted octanol–water partition coefficient (Wildman–Crippen LogP) is -0.970. The van der Waals surface area contributed by atoms with Gasteiger partial charge < -0.3 is 25.0 Å². The molecule has 2 aliphatic rings. The van der Waals surface area contributed by atoms with Gasteiger partial charge in [-0.1, -0.05) is 0 Å². The van der Waals surface area contributed by atoms with Gasteiger partial charge in [-0.3, -0.25) is 4.79 Å². The third-order valence-electron chi connectivity index (χ3n) is 3.97. The minimum absolute atomic E-state index is 0.00232. The van der Waals surface area contributed by atoms with Crippen molar-refractivity contribution in [2.24, 2.45) is 0 Å². The summed E-state index contributed by atoms with van der Waals surface area (Å²) >= 11 is 0. The van der Waals surface area contributed by atoms with Gasteiger partial charge in [-0.15, -0.1) is 0 Å². The van der Waals surface area contributed by atoms with E-state index in [-0.39, 0.29) is 18.1 Å².